The van der Waals surface area contributed by atoms with E-state index in [0.717, 1.165) is 12.3 Å². The van der Waals surface area contributed by atoms with Gasteiger partial charge in [-0.05, 0) is 6.92 Å². The number of nitrogens with zero attached hydrogens (tertiary/aromatic N) is 3. The van der Waals surface area contributed by atoms with Gasteiger partial charge in [0, 0.05) is 25.0 Å². The molecule has 1 unspecified atom stereocenters. The summed E-state index contributed by atoms with van der Waals surface area (Å²) >= 11 is 0. The summed E-state index contributed by atoms with van der Waals surface area (Å²) in [5, 5.41) is 3.34. The molecule has 5 heteroatoms. The minimum absolute atomic E-state index is 0.365. The first-order chi connectivity index (χ1) is 7.34. The van der Waals surface area contributed by atoms with Crippen molar-refractivity contribution in [1.29, 1.82) is 0 Å². The fourth-order valence-corrected chi connectivity index (χ4v) is 1.38. The Labute approximate surface area is 88.2 Å². The lowest BCUT2D eigenvalue weighted by Gasteiger charge is -2.12. The molecule has 0 spiro atoms. The molecule has 0 aliphatic rings. The van der Waals surface area contributed by atoms with Gasteiger partial charge in [-0.2, -0.15) is 0 Å². The first kappa shape index (κ1) is 9.92. The highest BCUT2D eigenvalue weighted by atomic mass is 16.3. The van der Waals surface area contributed by atoms with E-state index < -0.39 is 0 Å². The molecule has 1 N–H and O–H groups in total. The largest absolute Gasteiger partial charge is 0.447 e. The maximum atomic E-state index is 5.13. The Bertz CT molecular complexity index is 368. The third kappa shape index (κ3) is 2.92. The van der Waals surface area contributed by atoms with E-state index in [9.17, 15) is 0 Å². The predicted molar refractivity (Wildman–Crippen MR) is 55.0 cm³/mol. The molecule has 2 aromatic heterocycles. The Balaban J connectivity index is 1.76. The van der Waals surface area contributed by atoms with Crippen molar-refractivity contribution in [3.63, 3.8) is 0 Å². The molecule has 0 saturated carbocycles. The topological polar surface area (TPSA) is 55.9 Å². The number of oxazole rings is 1. The van der Waals surface area contributed by atoms with Crippen LogP contribution in [0.25, 0.3) is 0 Å². The van der Waals surface area contributed by atoms with Gasteiger partial charge in [0.15, 0.2) is 6.39 Å². The summed E-state index contributed by atoms with van der Waals surface area (Å²) in [6.45, 7) is 3.72. The van der Waals surface area contributed by atoms with Crippen LogP contribution in [-0.2, 0) is 13.1 Å². The second-order valence-electron chi connectivity index (χ2n) is 3.51. The molecule has 0 aliphatic heterocycles. The number of hydrogen-bond acceptors (Lipinski definition) is 4. The lowest BCUT2D eigenvalue weighted by molar-refractivity contribution is 0.426. The molecule has 0 amide bonds. The van der Waals surface area contributed by atoms with Gasteiger partial charge in [-0.25, -0.2) is 9.97 Å². The van der Waals surface area contributed by atoms with Crippen LogP contribution in [0.1, 0.15) is 12.7 Å². The van der Waals surface area contributed by atoms with Crippen molar-refractivity contribution in [2.45, 2.75) is 26.1 Å². The smallest absolute Gasteiger partial charge is 0.180 e. The number of hydrogen-bond donors (Lipinski definition) is 1. The van der Waals surface area contributed by atoms with Gasteiger partial charge in [0.05, 0.1) is 19.1 Å². The highest BCUT2D eigenvalue weighted by Crippen LogP contribution is 1.97. The molecular formula is C10H14N4O. The average Bonchev–Trinajstić information content (AvgIpc) is 2.86. The Morgan fingerprint density at radius 2 is 2.47 bits per heavy atom. The van der Waals surface area contributed by atoms with E-state index in [1.54, 1.807) is 12.4 Å². The van der Waals surface area contributed by atoms with Gasteiger partial charge < -0.3 is 14.3 Å². The summed E-state index contributed by atoms with van der Waals surface area (Å²) in [7, 11) is 0. The van der Waals surface area contributed by atoms with E-state index in [1.165, 1.54) is 6.39 Å². The Morgan fingerprint density at radius 1 is 1.53 bits per heavy atom. The minimum atomic E-state index is 0.365. The summed E-state index contributed by atoms with van der Waals surface area (Å²) in [5.41, 5.74) is 0. The van der Waals surface area contributed by atoms with Crippen LogP contribution in [0.5, 0.6) is 0 Å². The highest BCUT2D eigenvalue weighted by molar-refractivity contribution is 4.88. The molecule has 2 aromatic rings. The second kappa shape index (κ2) is 4.75. The molecule has 15 heavy (non-hydrogen) atoms. The quantitative estimate of drug-likeness (QED) is 0.794. The molecule has 0 bridgehead atoms. The summed E-state index contributed by atoms with van der Waals surface area (Å²) < 4.78 is 7.17. The van der Waals surface area contributed by atoms with Crippen molar-refractivity contribution in [3.05, 3.63) is 37.1 Å². The molecule has 0 aromatic carbocycles. The van der Waals surface area contributed by atoms with Gasteiger partial charge in [-0.1, -0.05) is 0 Å². The van der Waals surface area contributed by atoms with Crippen molar-refractivity contribution >= 4 is 0 Å². The van der Waals surface area contributed by atoms with E-state index in [-0.39, 0.29) is 0 Å². The van der Waals surface area contributed by atoms with Crippen molar-refractivity contribution in [1.82, 2.24) is 19.9 Å². The van der Waals surface area contributed by atoms with E-state index in [1.807, 2.05) is 17.1 Å². The van der Waals surface area contributed by atoms with E-state index in [4.69, 9.17) is 4.42 Å². The highest BCUT2D eigenvalue weighted by Gasteiger charge is 2.03. The van der Waals surface area contributed by atoms with Gasteiger partial charge in [-0.15, -0.1) is 0 Å². The third-order valence-electron chi connectivity index (χ3n) is 2.15. The number of rotatable bonds is 5. The Hall–Kier alpha value is -1.62. The van der Waals surface area contributed by atoms with Crippen LogP contribution in [0.4, 0.5) is 0 Å². The molecule has 0 radical (unpaired) electrons. The molecule has 5 nitrogen and oxygen atoms in total. The van der Waals surface area contributed by atoms with Crippen molar-refractivity contribution in [3.8, 4) is 0 Å². The third-order valence-corrected chi connectivity index (χ3v) is 2.15. The fourth-order valence-electron chi connectivity index (χ4n) is 1.38. The zero-order valence-electron chi connectivity index (χ0n) is 8.63. The summed E-state index contributed by atoms with van der Waals surface area (Å²) in [6.07, 6.45) is 8.71. The van der Waals surface area contributed by atoms with Crippen LogP contribution in [0.3, 0.4) is 0 Å². The van der Waals surface area contributed by atoms with Gasteiger partial charge in [0.25, 0.3) is 0 Å². The standard InChI is InChI=1S/C10H14N4O/c1-9(6-14-3-2-11-7-14)13-5-10-4-12-8-15-10/h2-4,7-9,13H,5-6H2,1H3. The zero-order chi connectivity index (χ0) is 10.5. The van der Waals surface area contributed by atoms with Crippen LogP contribution < -0.4 is 5.32 Å². The number of nitrogens with one attached hydrogen (secondary N) is 1. The number of aromatic nitrogens is 3. The van der Waals surface area contributed by atoms with Crippen molar-refractivity contribution in [2.75, 3.05) is 0 Å². The monoisotopic (exact) mass is 206 g/mol. The predicted octanol–water partition coefficient (Wildman–Crippen LogP) is 1.05. The van der Waals surface area contributed by atoms with Crippen LogP contribution in [-0.4, -0.2) is 20.6 Å². The SMILES string of the molecule is CC(Cn1ccnc1)NCc1cnco1. The maximum absolute atomic E-state index is 5.13. The Kier molecular flexibility index (Phi) is 3.14. The molecule has 2 heterocycles. The van der Waals surface area contributed by atoms with Gasteiger partial charge >= 0.3 is 0 Å². The molecule has 0 aliphatic carbocycles. The van der Waals surface area contributed by atoms with Crippen molar-refractivity contribution in [2.24, 2.45) is 0 Å². The summed E-state index contributed by atoms with van der Waals surface area (Å²) in [4.78, 5) is 7.85. The lowest BCUT2D eigenvalue weighted by Crippen LogP contribution is -2.29. The minimum Gasteiger partial charge on any atom is -0.447 e. The summed E-state index contributed by atoms with van der Waals surface area (Å²) in [6, 6.07) is 0.365. The molecule has 0 fully saturated rings. The molecule has 80 valence electrons. The molecular weight excluding hydrogens is 192 g/mol. The van der Waals surface area contributed by atoms with Gasteiger partial charge in [0.2, 0.25) is 0 Å². The molecule has 2 rings (SSSR count). The van der Waals surface area contributed by atoms with E-state index in [0.29, 0.717) is 12.6 Å². The first-order valence-electron chi connectivity index (χ1n) is 4.91. The average molecular weight is 206 g/mol. The van der Waals surface area contributed by atoms with E-state index in [2.05, 4.69) is 22.2 Å². The van der Waals surface area contributed by atoms with Crippen LogP contribution in [0.15, 0.2) is 35.7 Å². The Morgan fingerprint density at radius 3 is 3.13 bits per heavy atom. The zero-order valence-corrected chi connectivity index (χ0v) is 8.63. The maximum Gasteiger partial charge on any atom is 0.180 e. The normalized spacial score (nSPS) is 12.9. The summed E-state index contributed by atoms with van der Waals surface area (Å²) in [5.74, 6) is 0.854. The molecule has 1 atom stereocenters. The van der Waals surface area contributed by atoms with E-state index >= 15 is 0 Å². The second-order valence-corrected chi connectivity index (χ2v) is 3.51. The van der Waals surface area contributed by atoms with Crippen molar-refractivity contribution < 1.29 is 4.42 Å². The van der Waals surface area contributed by atoms with Crippen LogP contribution in [0, 0.1) is 0 Å². The van der Waals surface area contributed by atoms with Crippen LogP contribution >= 0.6 is 0 Å². The fraction of sp³-hybridized carbons (Fsp3) is 0.400. The first-order valence-corrected chi connectivity index (χ1v) is 4.91. The van der Waals surface area contributed by atoms with Crippen LogP contribution in [0.2, 0.25) is 0 Å². The van der Waals surface area contributed by atoms with Gasteiger partial charge in [0.1, 0.15) is 5.76 Å². The van der Waals surface area contributed by atoms with Gasteiger partial charge in [-0.3, -0.25) is 0 Å². The lowest BCUT2D eigenvalue weighted by atomic mass is 10.3. The number of imidazole rings is 1. The molecule has 0 saturated heterocycles.